The average Bonchev–Trinajstić information content (AvgIpc) is 3.54. The zero-order chi connectivity index (χ0) is 39.3. The van der Waals surface area contributed by atoms with Crippen molar-refractivity contribution < 1.29 is 38.8 Å². The standard InChI is InChI=1S/C43H67N3O8/c1-9-10-11-12-13-24-52-27-30-25-46(45-44-30)26-34(47)54-43(51)23-20-39(6)32(38(43,4)5)17-18-41(8)33(39)15-14-31-35-29(3)28(2)16-19-42(35,22-21-40(31,41)7)36(48)53-37(49)50/h14,25,28-29,32-33,35,51H,9-13,15-24,26-27H2,1-8H3,(H,49,50)/t28-,29+,32?,33-,35+,39+,40-,41-,42+,43?/m1/s1. The van der Waals surface area contributed by atoms with Crippen LogP contribution in [-0.4, -0.2) is 55.7 Å². The molecule has 4 saturated carbocycles. The summed E-state index contributed by atoms with van der Waals surface area (Å²) in [6.45, 7) is 19.0. The molecule has 5 aliphatic rings. The monoisotopic (exact) mass is 753 g/mol. The molecule has 0 amide bonds. The van der Waals surface area contributed by atoms with Gasteiger partial charge in [0.15, 0.2) is 0 Å². The van der Waals surface area contributed by atoms with Crippen molar-refractivity contribution in [2.24, 2.45) is 56.7 Å². The third-order valence-corrected chi connectivity index (χ3v) is 16.5. The molecule has 54 heavy (non-hydrogen) atoms. The Kier molecular flexibility index (Phi) is 11.3. The van der Waals surface area contributed by atoms with Crippen molar-refractivity contribution in [1.82, 2.24) is 15.0 Å². The lowest BCUT2D eigenvalue weighted by Crippen LogP contribution is -2.68. The van der Waals surface area contributed by atoms with E-state index in [0.717, 1.165) is 51.4 Å². The van der Waals surface area contributed by atoms with E-state index in [9.17, 15) is 24.6 Å². The van der Waals surface area contributed by atoms with Gasteiger partial charge in [0.25, 0.3) is 0 Å². The molecule has 1 aromatic rings. The molecule has 0 radical (unpaired) electrons. The Morgan fingerprint density at radius 1 is 0.926 bits per heavy atom. The van der Waals surface area contributed by atoms with E-state index < -0.39 is 34.7 Å². The van der Waals surface area contributed by atoms with E-state index in [1.807, 2.05) is 0 Å². The lowest BCUT2D eigenvalue weighted by atomic mass is 9.33. The van der Waals surface area contributed by atoms with Gasteiger partial charge in [-0.05, 0) is 104 Å². The number of ether oxygens (including phenoxy) is 3. The first-order valence-corrected chi connectivity index (χ1v) is 21.0. The highest BCUT2D eigenvalue weighted by atomic mass is 16.7. The summed E-state index contributed by atoms with van der Waals surface area (Å²) in [4.78, 5) is 38.7. The Balaban J connectivity index is 1.17. The fraction of sp³-hybridized carbons (Fsp3) is 0.837. The van der Waals surface area contributed by atoms with Crippen molar-refractivity contribution in [2.75, 3.05) is 6.61 Å². The quantitative estimate of drug-likeness (QED) is 0.0697. The van der Waals surface area contributed by atoms with Gasteiger partial charge in [-0.25, -0.2) is 14.3 Å². The summed E-state index contributed by atoms with van der Waals surface area (Å²) < 4.78 is 18.3. The number of esters is 2. The number of carbonyl (C=O) groups is 3. The van der Waals surface area contributed by atoms with Crippen LogP contribution in [0.5, 0.6) is 0 Å². The molecule has 0 bridgehead atoms. The number of hydrogen-bond donors (Lipinski definition) is 2. The summed E-state index contributed by atoms with van der Waals surface area (Å²) >= 11 is 0. The molecule has 6 rings (SSSR count). The molecular weight excluding hydrogens is 686 g/mol. The molecule has 0 aromatic carbocycles. The highest BCUT2D eigenvalue weighted by Crippen LogP contribution is 2.76. The molecule has 4 fully saturated rings. The lowest BCUT2D eigenvalue weighted by molar-refractivity contribution is -0.318. The average molecular weight is 754 g/mol. The third kappa shape index (κ3) is 6.64. The Bertz CT molecular complexity index is 1610. The number of carbonyl (C=O) groups excluding carboxylic acids is 2. The summed E-state index contributed by atoms with van der Waals surface area (Å²) in [6, 6.07) is 0. The van der Waals surface area contributed by atoms with Crippen LogP contribution in [0.3, 0.4) is 0 Å². The van der Waals surface area contributed by atoms with Crippen molar-refractivity contribution in [3.63, 3.8) is 0 Å². The number of hydrogen-bond acceptors (Lipinski definition) is 9. The number of nitrogens with zero attached hydrogens (tertiary/aromatic N) is 3. The van der Waals surface area contributed by atoms with Gasteiger partial charge in [-0.1, -0.05) is 97.9 Å². The molecule has 1 heterocycles. The van der Waals surface area contributed by atoms with Crippen LogP contribution in [0.1, 0.15) is 151 Å². The Morgan fingerprint density at radius 3 is 2.39 bits per heavy atom. The molecule has 0 saturated heterocycles. The minimum absolute atomic E-state index is 0.0589. The van der Waals surface area contributed by atoms with E-state index >= 15 is 0 Å². The van der Waals surface area contributed by atoms with E-state index in [0.29, 0.717) is 50.0 Å². The summed E-state index contributed by atoms with van der Waals surface area (Å²) in [5.74, 6) is -1.74. The number of allylic oxidation sites excluding steroid dienone is 2. The van der Waals surface area contributed by atoms with Crippen molar-refractivity contribution >= 4 is 18.1 Å². The smallest absolute Gasteiger partial charge is 0.449 e. The second-order valence-corrected chi connectivity index (χ2v) is 19.3. The van der Waals surface area contributed by atoms with Gasteiger partial charge in [-0.2, -0.15) is 0 Å². The molecule has 10 atom stereocenters. The van der Waals surface area contributed by atoms with Crippen LogP contribution in [0.2, 0.25) is 0 Å². The number of rotatable bonds is 12. The summed E-state index contributed by atoms with van der Waals surface area (Å²) in [5.41, 5.74) is 0.0908. The topological polar surface area (TPSA) is 150 Å². The van der Waals surface area contributed by atoms with E-state index in [4.69, 9.17) is 14.2 Å². The first kappa shape index (κ1) is 40.9. The zero-order valence-corrected chi connectivity index (χ0v) is 34.2. The highest BCUT2D eigenvalue weighted by molar-refractivity contribution is 5.86. The van der Waals surface area contributed by atoms with Crippen LogP contribution >= 0.6 is 0 Å². The molecule has 11 heteroatoms. The van der Waals surface area contributed by atoms with Crippen LogP contribution < -0.4 is 0 Å². The van der Waals surface area contributed by atoms with Crippen molar-refractivity contribution in [3.8, 4) is 0 Å². The highest BCUT2D eigenvalue weighted by Gasteiger charge is 2.71. The predicted molar refractivity (Wildman–Crippen MR) is 203 cm³/mol. The molecule has 5 aliphatic carbocycles. The maximum Gasteiger partial charge on any atom is 0.513 e. The van der Waals surface area contributed by atoms with Crippen LogP contribution in [0, 0.1) is 56.7 Å². The van der Waals surface area contributed by atoms with Gasteiger partial charge in [0, 0.05) is 18.4 Å². The normalized spacial score (nSPS) is 39.6. The number of fused-ring (bicyclic) bond motifs is 7. The fourth-order valence-corrected chi connectivity index (χ4v) is 13.0. The van der Waals surface area contributed by atoms with Gasteiger partial charge < -0.3 is 24.4 Å². The lowest BCUT2D eigenvalue weighted by Gasteiger charge is -2.72. The van der Waals surface area contributed by atoms with Crippen LogP contribution in [0.15, 0.2) is 17.8 Å². The van der Waals surface area contributed by atoms with Crippen LogP contribution in [0.4, 0.5) is 4.79 Å². The molecule has 1 aromatic heterocycles. The van der Waals surface area contributed by atoms with Gasteiger partial charge in [-0.3, -0.25) is 4.79 Å². The molecule has 0 aliphatic heterocycles. The van der Waals surface area contributed by atoms with E-state index in [1.165, 1.54) is 29.5 Å². The molecule has 2 unspecified atom stereocenters. The van der Waals surface area contributed by atoms with Gasteiger partial charge >= 0.3 is 18.1 Å². The minimum Gasteiger partial charge on any atom is -0.449 e. The maximum absolute atomic E-state index is 13.7. The van der Waals surface area contributed by atoms with E-state index in [2.05, 4.69) is 71.8 Å². The second kappa shape index (κ2) is 14.9. The van der Waals surface area contributed by atoms with E-state index in [1.54, 1.807) is 6.20 Å². The Hall–Kier alpha value is -2.79. The van der Waals surface area contributed by atoms with Gasteiger partial charge in [-0.15, -0.1) is 5.10 Å². The first-order chi connectivity index (χ1) is 25.4. The fourth-order valence-electron chi connectivity index (χ4n) is 13.0. The molecule has 0 spiro atoms. The van der Waals surface area contributed by atoms with Crippen LogP contribution in [0.25, 0.3) is 0 Å². The maximum atomic E-state index is 13.7. The first-order valence-electron chi connectivity index (χ1n) is 21.0. The second-order valence-electron chi connectivity index (χ2n) is 19.3. The largest absolute Gasteiger partial charge is 0.513 e. The van der Waals surface area contributed by atoms with E-state index in [-0.39, 0.29) is 40.5 Å². The van der Waals surface area contributed by atoms with Crippen molar-refractivity contribution in [1.29, 1.82) is 0 Å². The van der Waals surface area contributed by atoms with Gasteiger partial charge in [0.05, 0.1) is 18.2 Å². The SMILES string of the molecule is CCCCCCCOCc1cn(CC(=O)OC2(O)CC[C@@]3(C)C(CC[C@]4(C)[C@@H]3CC=C3[C@@H]5[C@@H](C)[C@H](C)CC[C@]5(C(=O)OC(=O)O)CC[C@]34C)C2(C)C)nn1. The van der Waals surface area contributed by atoms with Crippen molar-refractivity contribution in [2.45, 2.75) is 164 Å². The Morgan fingerprint density at radius 2 is 1.67 bits per heavy atom. The minimum atomic E-state index is -1.63. The molecule has 11 nitrogen and oxygen atoms in total. The summed E-state index contributed by atoms with van der Waals surface area (Å²) in [5, 5.41) is 30.0. The summed E-state index contributed by atoms with van der Waals surface area (Å²) in [7, 11) is 0. The number of aliphatic hydroxyl groups is 1. The third-order valence-electron chi connectivity index (χ3n) is 16.5. The molecular formula is C43H67N3O8. The number of carboxylic acid groups (broad SMARTS) is 1. The number of unbranched alkanes of at least 4 members (excludes halogenated alkanes) is 4. The van der Waals surface area contributed by atoms with Gasteiger partial charge in [0.1, 0.15) is 12.2 Å². The number of aromatic nitrogens is 3. The molecule has 302 valence electrons. The Labute approximate surface area is 322 Å². The predicted octanol–water partition coefficient (Wildman–Crippen LogP) is 8.88. The van der Waals surface area contributed by atoms with Crippen LogP contribution in [-0.2, 0) is 37.0 Å². The zero-order valence-electron chi connectivity index (χ0n) is 34.2. The molecule has 2 N–H and O–H groups in total. The summed E-state index contributed by atoms with van der Waals surface area (Å²) in [6.07, 6.45) is 15.2. The van der Waals surface area contributed by atoms with Gasteiger partial charge in [0.2, 0.25) is 5.79 Å². The van der Waals surface area contributed by atoms with Crippen molar-refractivity contribution in [3.05, 3.63) is 23.5 Å².